The second-order valence-corrected chi connectivity index (χ2v) is 3.22. The van der Waals surface area contributed by atoms with Crippen LogP contribution in [-0.2, 0) is 9.53 Å². The normalized spacial score (nSPS) is 28.1. The van der Waals surface area contributed by atoms with Crippen LogP contribution in [0.3, 0.4) is 0 Å². The van der Waals surface area contributed by atoms with E-state index < -0.39 is 0 Å². The van der Waals surface area contributed by atoms with E-state index in [4.69, 9.17) is 4.74 Å². The second-order valence-electron chi connectivity index (χ2n) is 3.22. The van der Waals surface area contributed by atoms with Crippen LogP contribution in [0.15, 0.2) is 23.3 Å². The van der Waals surface area contributed by atoms with Crippen molar-refractivity contribution in [3.05, 3.63) is 23.3 Å². The fourth-order valence-corrected chi connectivity index (χ4v) is 1.92. The monoisotopic (exact) mass is 164 g/mol. The van der Waals surface area contributed by atoms with Crippen molar-refractivity contribution in [2.75, 3.05) is 7.11 Å². The maximum atomic E-state index is 11.3. The minimum Gasteiger partial charge on any atom is -0.377 e. The molecule has 1 unspecified atom stereocenters. The predicted molar refractivity (Wildman–Crippen MR) is 45.8 cm³/mol. The summed E-state index contributed by atoms with van der Waals surface area (Å²) in [6.07, 6.45) is 6.63. The van der Waals surface area contributed by atoms with Crippen molar-refractivity contribution >= 4 is 5.78 Å². The first-order chi connectivity index (χ1) is 5.83. The number of carbonyl (C=O) groups excluding carboxylic acids is 1. The zero-order valence-electron chi connectivity index (χ0n) is 7.17. The van der Waals surface area contributed by atoms with Gasteiger partial charge in [0.15, 0.2) is 5.78 Å². The third-order valence-electron chi connectivity index (χ3n) is 2.58. The Morgan fingerprint density at radius 3 is 3.08 bits per heavy atom. The van der Waals surface area contributed by atoms with Gasteiger partial charge in [-0.3, -0.25) is 4.79 Å². The van der Waals surface area contributed by atoms with E-state index in [0.29, 0.717) is 6.42 Å². The van der Waals surface area contributed by atoms with Crippen LogP contribution in [0.4, 0.5) is 0 Å². The molecule has 2 aliphatic rings. The van der Waals surface area contributed by atoms with E-state index in [9.17, 15) is 4.79 Å². The average Bonchev–Trinajstić information content (AvgIpc) is 2.48. The number of hydrogen-bond donors (Lipinski definition) is 0. The van der Waals surface area contributed by atoms with Gasteiger partial charge in [0, 0.05) is 19.1 Å². The summed E-state index contributed by atoms with van der Waals surface area (Å²) in [7, 11) is 1.71. The Kier molecular flexibility index (Phi) is 1.85. The van der Waals surface area contributed by atoms with E-state index in [1.165, 1.54) is 5.57 Å². The lowest BCUT2D eigenvalue weighted by atomic mass is 9.97. The summed E-state index contributed by atoms with van der Waals surface area (Å²) < 4.78 is 5.29. The molecule has 1 atom stereocenters. The Balaban J connectivity index is 2.33. The zero-order chi connectivity index (χ0) is 8.55. The first kappa shape index (κ1) is 7.74. The van der Waals surface area contributed by atoms with Crippen LogP contribution in [0.1, 0.15) is 19.3 Å². The van der Waals surface area contributed by atoms with E-state index in [1.54, 1.807) is 7.11 Å². The van der Waals surface area contributed by atoms with Gasteiger partial charge in [-0.15, -0.1) is 0 Å². The molecule has 0 aromatic carbocycles. The number of ketones is 1. The summed E-state index contributed by atoms with van der Waals surface area (Å²) in [4.78, 5) is 11.3. The molecule has 0 N–H and O–H groups in total. The van der Waals surface area contributed by atoms with E-state index in [2.05, 4.69) is 0 Å². The highest BCUT2D eigenvalue weighted by atomic mass is 16.5. The summed E-state index contributed by atoms with van der Waals surface area (Å²) in [5.41, 5.74) is 2.12. The zero-order valence-corrected chi connectivity index (χ0v) is 7.17. The van der Waals surface area contributed by atoms with Crippen molar-refractivity contribution in [2.24, 2.45) is 0 Å². The molecule has 0 saturated carbocycles. The molecule has 0 saturated heterocycles. The van der Waals surface area contributed by atoms with Gasteiger partial charge in [0.2, 0.25) is 0 Å². The Labute approximate surface area is 71.9 Å². The highest BCUT2D eigenvalue weighted by Gasteiger charge is 2.28. The van der Waals surface area contributed by atoms with Gasteiger partial charge in [-0.2, -0.15) is 0 Å². The molecule has 0 bridgehead atoms. The highest BCUT2D eigenvalue weighted by Crippen LogP contribution is 2.32. The van der Waals surface area contributed by atoms with Crippen molar-refractivity contribution < 1.29 is 9.53 Å². The maximum absolute atomic E-state index is 11.3. The lowest BCUT2D eigenvalue weighted by Crippen LogP contribution is -2.15. The van der Waals surface area contributed by atoms with Crippen molar-refractivity contribution in [2.45, 2.75) is 25.4 Å². The molecule has 2 rings (SSSR count). The molecule has 12 heavy (non-hydrogen) atoms. The molecular formula is C10H12O2. The predicted octanol–water partition coefficient (Wildman–Crippen LogP) is 1.62. The number of Topliss-reactive ketones (excluding diaryl/α,β-unsaturated/α-hetero) is 1. The van der Waals surface area contributed by atoms with E-state index in [1.807, 2.05) is 12.2 Å². The molecule has 0 radical (unpaired) electrons. The first-order valence-corrected chi connectivity index (χ1v) is 4.28. The lowest BCUT2D eigenvalue weighted by molar-refractivity contribution is -0.114. The Bertz CT molecular complexity index is 274. The van der Waals surface area contributed by atoms with Crippen LogP contribution in [0, 0.1) is 0 Å². The highest BCUT2D eigenvalue weighted by molar-refractivity contribution is 6.01. The fraction of sp³-hybridized carbons (Fsp3) is 0.500. The van der Waals surface area contributed by atoms with Crippen molar-refractivity contribution in [3.8, 4) is 0 Å². The Hall–Kier alpha value is -0.890. The molecule has 0 aliphatic heterocycles. The number of hydrogen-bond acceptors (Lipinski definition) is 2. The summed E-state index contributed by atoms with van der Waals surface area (Å²) >= 11 is 0. The van der Waals surface area contributed by atoms with Crippen molar-refractivity contribution in [3.63, 3.8) is 0 Å². The molecule has 0 aromatic rings. The lowest BCUT2D eigenvalue weighted by Gasteiger charge is -2.18. The van der Waals surface area contributed by atoms with Gasteiger partial charge in [0.1, 0.15) is 0 Å². The fourth-order valence-electron chi connectivity index (χ4n) is 1.92. The maximum Gasteiger partial charge on any atom is 0.163 e. The van der Waals surface area contributed by atoms with Crippen molar-refractivity contribution in [1.29, 1.82) is 0 Å². The van der Waals surface area contributed by atoms with Crippen LogP contribution < -0.4 is 0 Å². The molecule has 0 fully saturated rings. The summed E-state index contributed by atoms with van der Waals surface area (Å²) in [6, 6.07) is 0. The SMILES string of the molecule is COC1CC=CC2=C1CCC2=O. The number of allylic oxidation sites excluding steroid dienone is 2. The largest absolute Gasteiger partial charge is 0.377 e. The van der Waals surface area contributed by atoms with Gasteiger partial charge in [-0.1, -0.05) is 12.2 Å². The third kappa shape index (κ3) is 1.03. The molecule has 0 aromatic heterocycles. The second kappa shape index (κ2) is 2.87. The Morgan fingerprint density at radius 1 is 1.50 bits per heavy atom. The average molecular weight is 164 g/mol. The van der Waals surface area contributed by atoms with Gasteiger partial charge in [0.25, 0.3) is 0 Å². The summed E-state index contributed by atoms with van der Waals surface area (Å²) in [5, 5.41) is 0. The molecule has 0 heterocycles. The first-order valence-electron chi connectivity index (χ1n) is 4.28. The van der Waals surface area contributed by atoms with Gasteiger partial charge < -0.3 is 4.74 Å². The molecule has 2 aliphatic carbocycles. The van der Waals surface area contributed by atoms with E-state index >= 15 is 0 Å². The number of rotatable bonds is 1. The quantitative estimate of drug-likeness (QED) is 0.588. The van der Waals surface area contributed by atoms with Crippen LogP contribution in [0.2, 0.25) is 0 Å². The van der Waals surface area contributed by atoms with Crippen LogP contribution >= 0.6 is 0 Å². The number of carbonyl (C=O) groups is 1. The molecule has 2 nitrogen and oxygen atoms in total. The molecule has 0 amide bonds. The van der Waals surface area contributed by atoms with E-state index in [0.717, 1.165) is 18.4 Å². The summed E-state index contributed by atoms with van der Waals surface area (Å²) in [5.74, 6) is 0.281. The smallest absolute Gasteiger partial charge is 0.163 e. The van der Waals surface area contributed by atoms with Crippen LogP contribution in [0.25, 0.3) is 0 Å². The summed E-state index contributed by atoms with van der Waals surface area (Å²) in [6.45, 7) is 0. The van der Waals surface area contributed by atoms with Gasteiger partial charge in [-0.25, -0.2) is 0 Å². The molecule has 0 spiro atoms. The van der Waals surface area contributed by atoms with Crippen LogP contribution in [0.5, 0.6) is 0 Å². The number of ether oxygens (including phenoxy) is 1. The van der Waals surface area contributed by atoms with Crippen LogP contribution in [-0.4, -0.2) is 19.0 Å². The topological polar surface area (TPSA) is 26.3 Å². The standard InChI is InChI=1S/C10H12O2/c1-12-10-4-2-3-7-8(10)5-6-9(7)11/h2-3,10H,4-6H2,1H3. The van der Waals surface area contributed by atoms with Gasteiger partial charge >= 0.3 is 0 Å². The Morgan fingerprint density at radius 2 is 2.33 bits per heavy atom. The minimum atomic E-state index is 0.163. The van der Waals surface area contributed by atoms with Gasteiger partial charge in [-0.05, 0) is 18.4 Å². The number of methoxy groups -OCH3 is 1. The van der Waals surface area contributed by atoms with Gasteiger partial charge in [0.05, 0.1) is 6.10 Å². The molecule has 64 valence electrons. The minimum absolute atomic E-state index is 0.163. The van der Waals surface area contributed by atoms with E-state index in [-0.39, 0.29) is 11.9 Å². The third-order valence-corrected chi connectivity index (χ3v) is 2.58. The molecule has 2 heteroatoms. The van der Waals surface area contributed by atoms with Crippen molar-refractivity contribution in [1.82, 2.24) is 0 Å². The molecular weight excluding hydrogens is 152 g/mol.